The molecule has 0 aromatic rings. The Labute approximate surface area is 82.1 Å². The summed E-state index contributed by atoms with van der Waals surface area (Å²) < 4.78 is 4.85. The van der Waals surface area contributed by atoms with Crippen LogP contribution in [0, 0.1) is 0 Å². The number of ether oxygens (including phenoxy) is 1. The van der Waals surface area contributed by atoms with Crippen molar-refractivity contribution in [2.75, 3.05) is 11.9 Å². The molecule has 0 bridgehead atoms. The Morgan fingerprint density at radius 2 is 2.17 bits per heavy atom. The first kappa shape index (κ1) is 11.7. The summed E-state index contributed by atoms with van der Waals surface area (Å²) in [5.74, 6) is -0.206. The smallest absolute Gasteiger partial charge is 0.334 e. The van der Waals surface area contributed by atoms with E-state index in [1.807, 2.05) is 13.0 Å². The van der Waals surface area contributed by atoms with Crippen molar-refractivity contribution in [3.8, 4) is 0 Å². The third kappa shape index (κ3) is 4.54. The van der Waals surface area contributed by atoms with Crippen LogP contribution >= 0.6 is 15.9 Å². The minimum Gasteiger partial charge on any atom is -0.463 e. The number of hydrogen-bond acceptors (Lipinski definition) is 2. The lowest BCUT2D eigenvalue weighted by Crippen LogP contribution is -2.08. The lowest BCUT2D eigenvalue weighted by atomic mass is 10.2. The molecule has 0 saturated heterocycles. The number of alkyl halides is 1. The average molecular weight is 235 g/mol. The van der Waals surface area contributed by atoms with Gasteiger partial charge in [-0.05, 0) is 13.3 Å². The Morgan fingerprint density at radius 3 is 2.58 bits per heavy atom. The topological polar surface area (TPSA) is 26.3 Å². The van der Waals surface area contributed by atoms with Crippen molar-refractivity contribution in [1.82, 2.24) is 0 Å². The van der Waals surface area contributed by atoms with Crippen LogP contribution in [0.2, 0.25) is 0 Å². The van der Waals surface area contributed by atoms with Crippen LogP contribution in [0.5, 0.6) is 0 Å². The van der Waals surface area contributed by atoms with Gasteiger partial charge in [0.25, 0.3) is 0 Å². The zero-order valence-electron chi connectivity index (χ0n) is 7.60. The fourth-order valence-electron chi connectivity index (χ4n) is 0.735. The summed E-state index contributed by atoms with van der Waals surface area (Å²) in [5.41, 5.74) is 0.721. The van der Waals surface area contributed by atoms with Crippen LogP contribution in [0.4, 0.5) is 0 Å². The van der Waals surface area contributed by atoms with E-state index >= 15 is 0 Å². The molecule has 0 saturated carbocycles. The Morgan fingerprint density at radius 1 is 1.50 bits per heavy atom. The van der Waals surface area contributed by atoms with Gasteiger partial charge in [-0.3, -0.25) is 0 Å². The highest BCUT2D eigenvalue weighted by Crippen LogP contribution is 2.05. The molecule has 70 valence electrons. The van der Waals surface area contributed by atoms with Crippen LogP contribution in [0.1, 0.15) is 26.7 Å². The maximum atomic E-state index is 11.2. The molecular weight excluding hydrogens is 220 g/mol. The van der Waals surface area contributed by atoms with Crippen LogP contribution in [0.25, 0.3) is 0 Å². The van der Waals surface area contributed by atoms with Gasteiger partial charge in [-0.15, -0.1) is 0 Å². The largest absolute Gasteiger partial charge is 0.463 e. The number of carbonyl (C=O) groups is 1. The SMILES string of the molecule is CCC/C=C(\CBr)C(=O)OCC. The van der Waals surface area contributed by atoms with Gasteiger partial charge in [0.1, 0.15) is 0 Å². The summed E-state index contributed by atoms with van der Waals surface area (Å²) in [6.07, 6.45) is 3.91. The highest BCUT2D eigenvalue weighted by atomic mass is 79.9. The summed E-state index contributed by atoms with van der Waals surface area (Å²) in [4.78, 5) is 11.2. The molecular formula is C9H15BrO2. The molecule has 0 rings (SSSR count). The molecule has 0 fully saturated rings. The van der Waals surface area contributed by atoms with Crippen molar-refractivity contribution in [1.29, 1.82) is 0 Å². The number of rotatable bonds is 5. The van der Waals surface area contributed by atoms with Gasteiger partial charge in [-0.1, -0.05) is 35.4 Å². The lowest BCUT2D eigenvalue weighted by molar-refractivity contribution is -0.138. The van der Waals surface area contributed by atoms with Crippen molar-refractivity contribution < 1.29 is 9.53 Å². The van der Waals surface area contributed by atoms with Crippen LogP contribution in [-0.4, -0.2) is 17.9 Å². The summed E-state index contributed by atoms with van der Waals surface area (Å²) >= 11 is 3.25. The number of hydrogen-bond donors (Lipinski definition) is 0. The van der Waals surface area contributed by atoms with Gasteiger partial charge in [0, 0.05) is 10.9 Å². The fraction of sp³-hybridized carbons (Fsp3) is 0.667. The number of carbonyl (C=O) groups excluding carboxylic acids is 1. The Hall–Kier alpha value is -0.310. The highest BCUT2D eigenvalue weighted by molar-refractivity contribution is 9.09. The van der Waals surface area contributed by atoms with Gasteiger partial charge in [0.2, 0.25) is 0 Å². The highest BCUT2D eigenvalue weighted by Gasteiger charge is 2.07. The molecule has 0 aliphatic rings. The Bertz CT molecular complexity index is 164. The molecule has 12 heavy (non-hydrogen) atoms. The van der Waals surface area contributed by atoms with Crippen molar-refractivity contribution >= 4 is 21.9 Å². The molecule has 3 heteroatoms. The van der Waals surface area contributed by atoms with Gasteiger partial charge in [0.15, 0.2) is 0 Å². The van der Waals surface area contributed by atoms with E-state index in [0.717, 1.165) is 18.4 Å². The zero-order valence-corrected chi connectivity index (χ0v) is 9.19. The van der Waals surface area contributed by atoms with E-state index in [1.54, 1.807) is 0 Å². The van der Waals surface area contributed by atoms with E-state index in [9.17, 15) is 4.79 Å². The second-order valence-corrected chi connectivity index (χ2v) is 2.93. The molecule has 0 spiro atoms. The average Bonchev–Trinajstić information content (AvgIpc) is 2.06. The van der Waals surface area contributed by atoms with Crippen LogP contribution in [-0.2, 0) is 9.53 Å². The monoisotopic (exact) mass is 234 g/mol. The van der Waals surface area contributed by atoms with Crippen LogP contribution in [0.15, 0.2) is 11.6 Å². The molecule has 0 heterocycles. The molecule has 0 radical (unpaired) electrons. The van der Waals surface area contributed by atoms with Crippen molar-refractivity contribution in [3.05, 3.63) is 11.6 Å². The summed E-state index contributed by atoms with van der Waals surface area (Å²) in [6.45, 7) is 4.33. The summed E-state index contributed by atoms with van der Waals surface area (Å²) in [6, 6.07) is 0. The molecule has 2 nitrogen and oxygen atoms in total. The minimum atomic E-state index is -0.206. The second-order valence-electron chi connectivity index (χ2n) is 2.37. The molecule has 0 aliphatic carbocycles. The van der Waals surface area contributed by atoms with Crippen LogP contribution < -0.4 is 0 Å². The number of unbranched alkanes of at least 4 members (excludes halogenated alkanes) is 1. The third-order valence-corrected chi connectivity index (χ3v) is 1.97. The predicted molar refractivity (Wildman–Crippen MR) is 53.4 cm³/mol. The summed E-state index contributed by atoms with van der Waals surface area (Å²) in [5, 5.41) is 0.575. The standard InChI is InChI=1S/C9H15BrO2/c1-3-5-6-8(7-10)9(11)12-4-2/h6H,3-5,7H2,1-2H3/b8-6+. The first-order valence-corrected chi connectivity index (χ1v) is 5.30. The first-order chi connectivity index (χ1) is 5.76. The van der Waals surface area contributed by atoms with E-state index in [4.69, 9.17) is 4.74 Å². The van der Waals surface area contributed by atoms with Gasteiger partial charge in [-0.2, -0.15) is 0 Å². The number of halogens is 1. The molecule has 0 aromatic heterocycles. The van der Waals surface area contributed by atoms with Crippen LogP contribution in [0.3, 0.4) is 0 Å². The molecule has 0 aliphatic heterocycles. The number of esters is 1. The normalized spacial score (nSPS) is 11.4. The number of allylic oxidation sites excluding steroid dienone is 1. The van der Waals surface area contributed by atoms with Gasteiger partial charge >= 0.3 is 5.97 Å². The van der Waals surface area contributed by atoms with Gasteiger partial charge < -0.3 is 4.74 Å². The summed E-state index contributed by atoms with van der Waals surface area (Å²) in [7, 11) is 0. The predicted octanol–water partition coefficient (Wildman–Crippen LogP) is 2.67. The first-order valence-electron chi connectivity index (χ1n) is 4.18. The molecule has 0 unspecified atom stereocenters. The Balaban J connectivity index is 4.04. The van der Waals surface area contributed by atoms with E-state index in [-0.39, 0.29) is 5.97 Å². The maximum absolute atomic E-state index is 11.2. The molecule has 0 atom stereocenters. The second kappa shape index (κ2) is 7.35. The molecule has 0 N–H and O–H groups in total. The van der Waals surface area contributed by atoms with E-state index in [1.165, 1.54) is 0 Å². The van der Waals surface area contributed by atoms with Crippen molar-refractivity contribution in [2.24, 2.45) is 0 Å². The fourth-order valence-corrected chi connectivity index (χ4v) is 1.19. The zero-order chi connectivity index (χ0) is 9.40. The minimum absolute atomic E-state index is 0.206. The molecule has 0 amide bonds. The third-order valence-electron chi connectivity index (χ3n) is 1.36. The van der Waals surface area contributed by atoms with E-state index in [2.05, 4.69) is 22.9 Å². The van der Waals surface area contributed by atoms with Crippen molar-refractivity contribution in [2.45, 2.75) is 26.7 Å². The quantitative estimate of drug-likeness (QED) is 0.416. The van der Waals surface area contributed by atoms with Gasteiger partial charge in [0.05, 0.1) is 6.61 Å². The van der Waals surface area contributed by atoms with Gasteiger partial charge in [-0.25, -0.2) is 4.79 Å². The van der Waals surface area contributed by atoms with Crippen molar-refractivity contribution in [3.63, 3.8) is 0 Å². The Kier molecular flexibility index (Phi) is 7.16. The van der Waals surface area contributed by atoms with E-state index in [0.29, 0.717) is 11.9 Å². The maximum Gasteiger partial charge on any atom is 0.334 e. The lowest BCUT2D eigenvalue weighted by Gasteiger charge is -2.02. The van der Waals surface area contributed by atoms with E-state index < -0.39 is 0 Å². The molecule has 0 aromatic carbocycles.